The second-order valence-corrected chi connectivity index (χ2v) is 12.1. The van der Waals surface area contributed by atoms with E-state index in [2.05, 4.69) is 47.5 Å². The van der Waals surface area contributed by atoms with Crippen molar-refractivity contribution in [2.24, 2.45) is 0 Å². The van der Waals surface area contributed by atoms with Gasteiger partial charge in [0.05, 0.1) is 32.0 Å². The number of nitrogens with zero attached hydrogens (tertiary/aromatic N) is 7. The second-order valence-electron chi connectivity index (χ2n) is 9.19. The number of ether oxygens (including phenoxy) is 2. The average molecular weight is 616 g/mol. The molecule has 22 heteroatoms. The van der Waals surface area contributed by atoms with Gasteiger partial charge in [-0.25, -0.2) is 18.9 Å². The molecule has 1 unspecified atom stereocenters. The van der Waals surface area contributed by atoms with Gasteiger partial charge in [0.2, 0.25) is 5.95 Å². The number of hydrogen-bond acceptors (Lipinski definition) is 15. The highest BCUT2D eigenvalue weighted by Crippen LogP contribution is 2.57. The summed E-state index contributed by atoms with van der Waals surface area (Å²) in [4.78, 5) is 40.7. The lowest BCUT2D eigenvalue weighted by molar-refractivity contribution is -0.0554. The number of aromatic amines is 2. The molecule has 0 saturated carbocycles. The smallest absolute Gasteiger partial charge is 0.386 e. The predicted molar refractivity (Wildman–Crippen MR) is 136 cm³/mol. The number of aliphatic hydroxyl groups excluding tert-OH is 2. The fourth-order valence-electron chi connectivity index (χ4n) is 4.66. The number of imidazole rings is 1. The minimum Gasteiger partial charge on any atom is -0.394 e. The summed E-state index contributed by atoms with van der Waals surface area (Å²) in [6, 6.07) is 0. The van der Waals surface area contributed by atoms with Gasteiger partial charge in [0.1, 0.15) is 18.3 Å². The number of fused-ring (bicyclic) bond motifs is 2. The molecule has 8 atom stereocenters. The number of H-pyrrole nitrogens is 2. The minimum atomic E-state index is -4.24. The molecular formula is C19H22FN10O9PS. The standard InChI is InChI=1S/C19H22FN10O9PS/c20-9-12(32)8(38-18(9)30-13-11(27-28-30)15(33)23-4-22-13)3-36-40(35,41)39-7-1-6(2-31)37-17(7)29-5-24-10-14(29)25-19(21)26-16(10)34/h4-9,12,17-18,31-32H,1-3H2,(H,35,41)(H,22,23,33)(H3,21,25,26,34)/t6-,7+,8+,9-,12+,17+,18-,40?/m0/s1. The molecule has 220 valence electrons. The van der Waals surface area contributed by atoms with Crippen molar-refractivity contribution in [1.82, 2.24) is 44.5 Å². The highest BCUT2D eigenvalue weighted by atomic mass is 32.7. The Kier molecular flexibility index (Phi) is 7.14. The molecule has 19 nitrogen and oxygen atoms in total. The SMILES string of the molecule is Nc1nc2c(ncn2[C@@H]2O[C@H](CO)C[C@H]2OP(=O)(S)OC[C@H]2O[C@H](n3nnc4c(=O)[nH]cnc43)[C@@H](F)[C@@H]2O)c(=O)[nH]1. The zero-order valence-electron chi connectivity index (χ0n) is 20.5. The Bertz CT molecular complexity index is 1760. The van der Waals surface area contributed by atoms with Gasteiger partial charge in [0.25, 0.3) is 11.1 Å². The lowest BCUT2D eigenvalue weighted by atomic mass is 10.1. The Morgan fingerprint density at radius 3 is 2.80 bits per heavy atom. The lowest BCUT2D eigenvalue weighted by Crippen LogP contribution is -2.31. The number of alkyl halides is 1. The van der Waals surface area contributed by atoms with E-state index in [1.54, 1.807) is 0 Å². The number of aliphatic hydroxyl groups is 2. The summed E-state index contributed by atoms with van der Waals surface area (Å²) in [5.41, 5.74) is 4.24. The topological polar surface area (TPSA) is 260 Å². The fourth-order valence-corrected chi connectivity index (χ4v) is 6.15. The van der Waals surface area contributed by atoms with Crippen LogP contribution in [0.25, 0.3) is 22.3 Å². The Morgan fingerprint density at radius 1 is 1.22 bits per heavy atom. The summed E-state index contributed by atoms with van der Waals surface area (Å²) in [7, 11) is 0. The zero-order valence-corrected chi connectivity index (χ0v) is 22.3. The molecule has 0 bridgehead atoms. The molecule has 0 radical (unpaired) electrons. The normalized spacial score (nSPS) is 29.9. The van der Waals surface area contributed by atoms with Gasteiger partial charge in [-0.05, 0) is 0 Å². The Labute approximate surface area is 231 Å². The van der Waals surface area contributed by atoms with E-state index in [4.69, 9.17) is 24.3 Å². The van der Waals surface area contributed by atoms with Crippen LogP contribution >= 0.6 is 19.0 Å². The van der Waals surface area contributed by atoms with Gasteiger partial charge in [-0.1, -0.05) is 17.5 Å². The van der Waals surface area contributed by atoms with Crippen LogP contribution in [0.2, 0.25) is 0 Å². The van der Waals surface area contributed by atoms with E-state index in [1.165, 1.54) is 10.9 Å². The van der Waals surface area contributed by atoms with Crippen LogP contribution in [0.15, 0.2) is 22.2 Å². The third-order valence-corrected chi connectivity index (χ3v) is 8.19. The van der Waals surface area contributed by atoms with Crippen molar-refractivity contribution in [2.75, 3.05) is 18.9 Å². The number of halogens is 1. The van der Waals surface area contributed by atoms with Gasteiger partial charge >= 0.3 is 6.80 Å². The summed E-state index contributed by atoms with van der Waals surface area (Å²) < 4.78 is 52.7. The predicted octanol–water partition coefficient (Wildman–Crippen LogP) is -1.45. The minimum absolute atomic E-state index is 0.0378. The first kappa shape index (κ1) is 27.8. The molecule has 6 N–H and O–H groups in total. The van der Waals surface area contributed by atoms with Crippen LogP contribution in [-0.4, -0.2) is 98.5 Å². The number of rotatable bonds is 8. The first-order chi connectivity index (χ1) is 19.6. The van der Waals surface area contributed by atoms with E-state index in [9.17, 15) is 24.4 Å². The molecule has 4 aromatic heterocycles. The molecule has 2 aliphatic heterocycles. The quantitative estimate of drug-likeness (QED) is 0.0977. The highest BCUT2D eigenvalue weighted by molar-refractivity contribution is 8.44. The summed E-state index contributed by atoms with van der Waals surface area (Å²) >= 11 is 4.00. The van der Waals surface area contributed by atoms with Gasteiger partial charge in [0, 0.05) is 6.42 Å². The Hall–Kier alpha value is -3.30. The first-order valence-electron chi connectivity index (χ1n) is 12.0. The summed E-state index contributed by atoms with van der Waals surface area (Å²) in [6.45, 7) is -5.27. The fraction of sp³-hybridized carbons (Fsp3) is 0.526. The van der Waals surface area contributed by atoms with E-state index in [-0.39, 0.29) is 34.7 Å². The van der Waals surface area contributed by atoms with Crippen LogP contribution in [0.1, 0.15) is 18.9 Å². The number of nitrogens with one attached hydrogen (secondary N) is 2. The molecule has 0 aromatic carbocycles. The van der Waals surface area contributed by atoms with Crippen LogP contribution in [0, 0.1) is 0 Å². The lowest BCUT2D eigenvalue weighted by Gasteiger charge is -2.24. The molecule has 6 rings (SSSR count). The molecule has 2 saturated heterocycles. The van der Waals surface area contributed by atoms with Crippen molar-refractivity contribution >= 4 is 47.3 Å². The van der Waals surface area contributed by atoms with Gasteiger partial charge in [-0.3, -0.25) is 28.2 Å². The van der Waals surface area contributed by atoms with Crippen molar-refractivity contribution in [1.29, 1.82) is 0 Å². The first-order valence-corrected chi connectivity index (χ1v) is 14.7. The molecule has 0 amide bonds. The van der Waals surface area contributed by atoms with Crippen LogP contribution in [0.4, 0.5) is 10.3 Å². The zero-order chi connectivity index (χ0) is 29.1. The van der Waals surface area contributed by atoms with Crippen LogP contribution in [-0.2, 0) is 23.1 Å². The Balaban J connectivity index is 1.17. The van der Waals surface area contributed by atoms with Crippen LogP contribution in [0.3, 0.4) is 0 Å². The molecule has 41 heavy (non-hydrogen) atoms. The van der Waals surface area contributed by atoms with Gasteiger partial charge < -0.3 is 30.4 Å². The molecular weight excluding hydrogens is 594 g/mol. The van der Waals surface area contributed by atoms with E-state index in [1.807, 2.05) is 0 Å². The number of nitrogen functional groups attached to an aromatic ring is 1. The third-order valence-electron chi connectivity index (χ3n) is 6.55. The number of anilines is 1. The third kappa shape index (κ3) is 5.03. The molecule has 0 aliphatic carbocycles. The Morgan fingerprint density at radius 2 is 2.02 bits per heavy atom. The van der Waals surface area contributed by atoms with E-state index < -0.39 is 74.2 Å². The average Bonchev–Trinajstić information content (AvgIpc) is 3.69. The summed E-state index contributed by atoms with van der Waals surface area (Å²) in [6.07, 6.45) is -7.15. The maximum absolute atomic E-state index is 15.0. The van der Waals surface area contributed by atoms with E-state index >= 15 is 4.39 Å². The summed E-state index contributed by atoms with van der Waals surface area (Å²) in [5.74, 6) is -0.178. The monoisotopic (exact) mass is 616 g/mol. The number of nitrogens with two attached hydrogens (primary N) is 1. The second kappa shape index (κ2) is 10.5. The van der Waals surface area contributed by atoms with E-state index in [0.717, 1.165) is 11.0 Å². The summed E-state index contributed by atoms with van der Waals surface area (Å²) in [5, 5.41) is 27.5. The number of hydrogen-bond donors (Lipinski definition) is 6. The van der Waals surface area contributed by atoms with Gasteiger partial charge in [-0.15, -0.1) is 5.10 Å². The molecule has 4 aromatic rings. The number of aromatic nitrogens is 9. The van der Waals surface area contributed by atoms with Crippen LogP contribution in [0.5, 0.6) is 0 Å². The van der Waals surface area contributed by atoms with Crippen molar-refractivity contribution in [3.8, 4) is 0 Å². The van der Waals surface area contributed by atoms with Crippen molar-refractivity contribution < 1.29 is 37.7 Å². The van der Waals surface area contributed by atoms with Crippen molar-refractivity contribution in [2.45, 2.75) is 49.5 Å². The highest BCUT2D eigenvalue weighted by Gasteiger charge is 2.48. The molecule has 0 spiro atoms. The maximum Gasteiger partial charge on any atom is 0.386 e. The molecule has 2 fully saturated rings. The molecule has 6 heterocycles. The maximum atomic E-state index is 15.0. The molecule has 2 aliphatic rings. The van der Waals surface area contributed by atoms with Gasteiger partial charge in [-0.2, -0.15) is 9.67 Å². The van der Waals surface area contributed by atoms with Crippen LogP contribution < -0.4 is 16.9 Å². The van der Waals surface area contributed by atoms with E-state index in [0.29, 0.717) is 0 Å². The van der Waals surface area contributed by atoms with Crippen molar-refractivity contribution in [3.05, 3.63) is 33.4 Å². The van der Waals surface area contributed by atoms with Crippen molar-refractivity contribution in [3.63, 3.8) is 0 Å². The number of thiol groups is 1. The van der Waals surface area contributed by atoms with Gasteiger partial charge in [0.15, 0.2) is 41.0 Å². The largest absolute Gasteiger partial charge is 0.394 e.